The Bertz CT molecular complexity index is 1570. The van der Waals surface area contributed by atoms with Crippen LogP contribution in [0.15, 0.2) is 97.1 Å². The van der Waals surface area contributed by atoms with Gasteiger partial charge in [-0.25, -0.2) is 0 Å². The molecule has 0 unspecified atom stereocenters. The van der Waals surface area contributed by atoms with Gasteiger partial charge in [-0.15, -0.1) is 0 Å². The van der Waals surface area contributed by atoms with Crippen LogP contribution in [0.5, 0.6) is 0 Å². The molecular formula is C30H24N2. The molecule has 0 spiro atoms. The first kappa shape index (κ1) is 18.7. The van der Waals surface area contributed by atoms with Gasteiger partial charge in [0.25, 0.3) is 0 Å². The monoisotopic (exact) mass is 412 g/mol. The number of nitrogens with zero attached hydrogens (tertiary/aromatic N) is 1. The van der Waals surface area contributed by atoms with E-state index in [0.717, 1.165) is 22.4 Å². The van der Waals surface area contributed by atoms with E-state index in [0.29, 0.717) is 0 Å². The zero-order chi connectivity index (χ0) is 21.8. The van der Waals surface area contributed by atoms with E-state index in [2.05, 4.69) is 110 Å². The molecule has 0 bridgehead atoms. The number of rotatable bonds is 3. The molecule has 0 fully saturated rings. The number of aryl methyl sites for hydroxylation is 2. The number of nitrogen functional groups attached to an aromatic ring is 1. The molecule has 0 radical (unpaired) electrons. The number of nitrogens with two attached hydrogens (primary N) is 1. The summed E-state index contributed by atoms with van der Waals surface area (Å²) in [5.41, 5.74) is 13.2. The number of hydrogen-bond acceptors (Lipinski definition) is 2. The first-order valence-corrected chi connectivity index (χ1v) is 11.0. The molecule has 2 nitrogen and oxygen atoms in total. The van der Waals surface area contributed by atoms with Crippen LogP contribution in [0.2, 0.25) is 0 Å². The predicted octanol–water partition coefficient (Wildman–Crippen LogP) is 8.25. The lowest BCUT2D eigenvalue weighted by atomic mass is 9.92. The summed E-state index contributed by atoms with van der Waals surface area (Å²) in [6.45, 7) is 4.29. The van der Waals surface area contributed by atoms with Crippen LogP contribution in [0, 0.1) is 13.8 Å². The topological polar surface area (TPSA) is 29.3 Å². The van der Waals surface area contributed by atoms with E-state index in [4.69, 9.17) is 5.73 Å². The molecule has 0 aromatic heterocycles. The van der Waals surface area contributed by atoms with Gasteiger partial charge in [0.15, 0.2) is 0 Å². The Morgan fingerprint density at radius 1 is 0.562 bits per heavy atom. The molecule has 2 N–H and O–H groups in total. The van der Waals surface area contributed by atoms with E-state index in [9.17, 15) is 0 Å². The average Bonchev–Trinajstić information content (AvgIpc) is 2.80. The lowest BCUT2D eigenvalue weighted by Gasteiger charge is -2.28. The molecule has 6 aromatic carbocycles. The Hall–Kier alpha value is -4.04. The quantitative estimate of drug-likeness (QED) is 0.234. The fourth-order valence-corrected chi connectivity index (χ4v) is 4.96. The molecule has 0 saturated heterocycles. The van der Waals surface area contributed by atoms with Gasteiger partial charge in [0.05, 0.1) is 5.69 Å². The van der Waals surface area contributed by atoms with Gasteiger partial charge in [0, 0.05) is 27.8 Å². The largest absolute Gasteiger partial charge is 0.398 e. The molecule has 0 heterocycles. The van der Waals surface area contributed by atoms with Crippen molar-refractivity contribution >= 4 is 55.1 Å². The van der Waals surface area contributed by atoms with E-state index in [1.165, 1.54) is 43.7 Å². The van der Waals surface area contributed by atoms with Crippen LogP contribution in [-0.2, 0) is 0 Å². The summed E-state index contributed by atoms with van der Waals surface area (Å²) < 4.78 is 0. The first-order chi connectivity index (χ1) is 15.6. The normalized spacial score (nSPS) is 11.6. The van der Waals surface area contributed by atoms with Crippen molar-refractivity contribution in [2.75, 3.05) is 10.6 Å². The standard InChI is InChI=1S/C30H24N2/c1-19-5-3-7-23(17-19)32(24-8-4-6-20(2)18-24)28-16-12-22-9-13-25-27(31)15-11-21-10-14-26(28)30(22)29(21)25/h3-18H,31H2,1-2H3. The Labute approximate surface area is 187 Å². The molecule has 154 valence electrons. The Morgan fingerprint density at radius 3 is 1.72 bits per heavy atom. The maximum absolute atomic E-state index is 6.37. The van der Waals surface area contributed by atoms with Crippen molar-refractivity contribution in [3.63, 3.8) is 0 Å². The van der Waals surface area contributed by atoms with Crippen molar-refractivity contribution in [2.24, 2.45) is 0 Å². The smallest absolute Gasteiger partial charge is 0.0540 e. The van der Waals surface area contributed by atoms with Crippen LogP contribution < -0.4 is 10.6 Å². The third kappa shape index (κ3) is 2.80. The minimum absolute atomic E-state index is 0.825. The Morgan fingerprint density at radius 2 is 1.09 bits per heavy atom. The number of benzene rings is 6. The van der Waals surface area contributed by atoms with Crippen LogP contribution >= 0.6 is 0 Å². The average molecular weight is 413 g/mol. The van der Waals surface area contributed by atoms with Crippen LogP contribution in [0.25, 0.3) is 32.3 Å². The molecule has 6 aromatic rings. The first-order valence-electron chi connectivity index (χ1n) is 11.0. The molecule has 2 heteroatoms. The highest BCUT2D eigenvalue weighted by Gasteiger charge is 2.18. The van der Waals surface area contributed by atoms with Crippen molar-refractivity contribution in [3.05, 3.63) is 108 Å². The highest BCUT2D eigenvalue weighted by Crippen LogP contribution is 2.44. The summed E-state index contributed by atoms with van der Waals surface area (Å²) in [6, 6.07) is 34.8. The van der Waals surface area contributed by atoms with Gasteiger partial charge in [-0.2, -0.15) is 0 Å². The fourth-order valence-electron chi connectivity index (χ4n) is 4.96. The van der Waals surface area contributed by atoms with Crippen molar-refractivity contribution in [1.82, 2.24) is 0 Å². The molecule has 0 amide bonds. The van der Waals surface area contributed by atoms with Crippen molar-refractivity contribution in [2.45, 2.75) is 13.8 Å². The van der Waals surface area contributed by atoms with Gasteiger partial charge >= 0.3 is 0 Å². The second-order valence-electron chi connectivity index (χ2n) is 8.68. The summed E-state index contributed by atoms with van der Waals surface area (Å²) in [6.07, 6.45) is 0. The third-order valence-corrected chi connectivity index (χ3v) is 6.44. The molecule has 0 saturated carbocycles. The maximum Gasteiger partial charge on any atom is 0.0540 e. The zero-order valence-electron chi connectivity index (χ0n) is 18.3. The van der Waals surface area contributed by atoms with Crippen LogP contribution in [0.3, 0.4) is 0 Å². The summed E-state index contributed by atoms with van der Waals surface area (Å²) >= 11 is 0. The highest BCUT2D eigenvalue weighted by atomic mass is 15.1. The van der Waals surface area contributed by atoms with Crippen molar-refractivity contribution in [1.29, 1.82) is 0 Å². The summed E-state index contributed by atoms with van der Waals surface area (Å²) in [5.74, 6) is 0. The third-order valence-electron chi connectivity index (χ3n) is 6.44. The molecule has 6 rings (SSSR count). The van der Waals surface area contributed by atoms with Gasteiger partial charge < -0.3 is 10.6 Å². The van der Waals surface area contributed by atoms with E-state index >= 15 is 0 Å². The van der Waals surface area contributed by atoms with Gasteiger partial charge in [-0.05, 0) is 82.9 Å². The number of hydrogen-bond donors (Lipinski definition) is 1. The van der Waals surface area contributed by atoms with Gasteiger partial charge in [-0.1, -0.05) is 60.7 Å². The van der Waals surface area contributed by atoms with Gasteiger partial charge in [0.2, 0.25) is 0 Å². The summed E-state index contributed by atoms with van der Waals surface area (Å²) in [5, 5.41) is 7.33. The molecular weight excluding hydrogens is 388 g/mol. The Kier molecular flexibility index (Phi) is 4.09. The molecule has 32 heavy (non-hydrogen) atoms. The minimum Gasteiger partial charge on any atom is -0.398 e. The lowest BCUT2D eigenvalue weighted by Crippen LogP contribution is -2.11. The molecule has 0 atom stereocenters. The second-order valence-corrected chi connectivity index (χ2v) is 8.68. The van der Waals surface area contributed by atoms with Gasteiger partial charge in [0.1, 0.15) is 0 Å². The minimum atomic E-state index is 0.825. The molecule has 0 aliphatic carbocycles. The fraction of sp³-hybridized carbons (Fsp3) is 0.0667. The molecule has 0 aliphatic heterocycles. The van der Waals surface area contributed by atoms with Crippen LogP contribution in [-0.4, -0.2) is 0 Å². The van der Waals surface area contributed by atoms with E-state index < -0.39 is 0 Å². The van der Waals surface area contributed by atoms with Crippen LogP contribution in [0.1, 0.15) is 11.1 Å². The van der Waals surface area contributed by atoms with E-state index in [1.54, 1.807) is 0 Å². The van der Waals surface area contributed by atoms with Crippen molar-refractivity contribution < 1.29 is 0 Å². The van der Waals surface area contributed by atoms with E-state index in [1.807, 2.05) is 6.07 Å². The number of anilines is 4. The Balaban J connectivity index is 1.73. The summed E-state index contributed by atoms with van der Waals surface area (Å²) in [7, 11) is 0. The lowest BCUT2D eigenvalue weighted by molar-refractivity contribution is 1.27. The second kappa shape index (κ2) is 7.00. The maximum atomic E-state index is 6.37. The van der Waals surface area contributed by atoms with Crippen LogP contribution in [0.4, 0.5) is 22.7 Å². The zero-order valence-corrected chi connectivity index (χ0v) is 18.3. The predicted molar refractivity (Wildman–Crippen MR) is 139 cm³/mol. The molecule has 0 aliphatic rings. The summed E-state index contributed by atoms with van der Waals surface area (Å²) in [4.78, 5) is 2.37. The van der Waals surface area contributed by atoms with Gasteiger partial charge in [-0.3, -0.25) is 0 Å². The van der Waals surface area contributed by atoms with Crippen molar-refractivity contribution in [3.8, 4) is 0 Å². The van der Waals surface area contributed by atoms with E-state index in [-0.39, 0.29) is 0 Å². The SMILES string of the molecule is Cc1cccc(N(c2cccc(C)c2)c2ccc3ccc4c(N)ccc5ccc2c3c54)c1. The highest BCUT2D eigenvalue weighted by molar-refractivity contribution is 6.27.